The Morgan fingerprint density at radius 2 is 2.14 bits per heavy atom. The molecule has 0 radical (unpaired) electrons. The third-order valence-corrected chi connectivity index (χ3v) is 6.39. The summed E-state index contributed by atoms with van der Waals surface area (Å²) in [6, 6.07) is 6.89. The van der Waals surface area contributed by atoms with Gasteiger partial charge in [0.05, 0.1) is 0 Å². The molecular formula is C19H24ClNS. The van der Waals surface area contributed by atoms with E-state index in [1.54, 1.807) is 11.1 Å². The van der Waals surface area contributed by atoms with Gasteiger partial charge in [0, 0.05) is 16.6 Å². The molecule has 3 heteroatoms. The van der Waals surface area contributed by atoms with Crippen molar-refractivity contribution in [1.82, 2.24) is 5.32 Å². The molecule has 1 nitrogen and oxygen atoms in total. The summed E-state index contributed by atoms with van der Waals surface area (Å²) in [5, 5.41) is 7.23. The summed E-state index contributed by atoms with van der Waals surface area (Å²) in [4.78, 5) is 0. The molecule has 22 heavy (non-hydrogen) atoms. The Morgan fingerprint density at radius 3 is 2.95 bits per heavy atom. The van der Waals surface area contributed by atoms with Gasteiger partial charge in [-0.2, -0.15) is 0 Å². The quantitative estimate of drug-likeness (QED) is 0.790. The standard InChI is InChI=1S/C19H23NS.ClH/c1-12-11-21-17-5-3-4-16(18(12)17)19-14-7-6-13(8-14)9-15(19)10-20-2;/h3-5,11,13-14,20H,6-10H2,1-2H3;1H. The van der Waals surface area contributed by atoms with Gasteiger partial charge in [-0.25, -0.2) is 0 Å². The highest BCUT2D eigenvalue weighted by molar-refractivity contribution is 7.17. The Labute approximate surface area is 143 Å². The van der Waals surface area contributed by atoms with Gasteiger partial charge in [0.25, 0.3) is 0 Å². The van der Waals surface area contributed by atoms with E-state index in [9.17, 15) is 0 Å². The van der Waals surface area contributed by atoms with Crippen molar-refractivity contribution in [3.63, 3.8) is 0 Å². The molecule has 1 aromatic heterocycles. The highest BCUT2D eigenvalue weighted by atomic mass is 35.5. The Kier molecular flexibility index (Phi) is 4.63. The molecule has 1 fully saturated rings. The lowest BCUT2D eigenvalue weighted by Crippen LogP contribution is -2.19. The molecule has 1 saturated carbocycles. The van der Waals surface area contributed by atoms with Gasteiger partial charge in [-0.05, 0) is 79.6 Å². The van der Waals surface area contributed by atoms with Crippen LogP contribution in [0.3, 0.4) is 0 Å². The lowest BCUT2D eigenvalue weighted by atomic mass is 9.78. The molecule has 1 heterocycles. The number of hydrogen-bond donors (Lipinski definition) is 1. The highest BCUT2D eigenvalue weighted by Crippen LogP contribution is 2.50. The van der Waals surface area contributed by atoms with Crippen LogP contribution in [0.4, 0.5) is 0 Å². The second-order valence-corrected chi connectivity index (χ2v) is 7.64. The van der Waals surface area contributed by atoms with Crippen LogP contribution in [0.25, 0.3) is 15.7 Å². The van der Waals surface area contributed by atoms with Crippen LogP contribution < -0.4 is 5.32 Å². The van der Waals surface area contributed by atoms with Crippen LogP contribution in [0, 0.1) is 18.8 Å². The molecule has 0 spiro atoms. The second kappa shape index (κ2) is 6.35. The molecule has 2 aliphatic rings. The fourth-order valence-electron chi connectivity index (χ4n) is 4.53. The van der Waals surface area contributed by atoms with Crippen molar-refractivity contribution in [1.29, 1.82) is 0 Å². The van der Waals surface area contributed by atoms with Crippen LogP contribution in [0.1, 0.15) is 36.8 Å². The summed E-state index contributed by atoms with van der Waals surface area (Å²) in [6.45, 7) is 3.32. The smallest absolute Gasteiger partial charge is 0.0351 e. The first-order valence-electron chi connectivity index (χ1n) is 8.11. The predicted molar refractivity (Wildman–Crippen MR) is 100 cm³/mol. The lowest BCUT2D eigenvalue weighted by molar-refractivity contribution is 0.502. The SMILES string of the molecule is CNCC1=C(c2cccc3scc(C)c23)C2CCC(C1)C2.Cl. The molecule has 2 aromatic rings. The number of fused-ring (bicyclic) bond motifs is 3. The zero-order valence-electron chi connectivity index (χ0n) is 13.3. The molecule has 118 valence electrons. The minimum absolute atomic E-state index is 0. The summed E-state index contributed by atoms with van der Waals surface area (Å²) in [7, 11) is 2.08. The van der Waals surface area contributed by atoms with Gasteiger partial charge in [-0.3, -0.25) is 0 Å². The second-order valence-electron chi connectivity index (χ2n) is 6.73. The van der Waals surface area contributed by atoms with Gasteiger partial charge in [0.2, 0.25) is 0 Å². The van der Waals surface area contributed by atoms with E-state index >= 15 is 0 Å². The number of halogens is 1. The maximum absolute atomic E-state index is 3.41. The van der Waals surface area contributed by atoms with Crippen LogP contribution in [0.2, 0.25) is 0 Å². The van der Waals surface area contributed by atoms with Crippen molar-refractivity contribution in [3.8, 4) is 0 Å². The number of aryl methyl sites for hydroxylation is 1. The van der Waals surface area contributed by atoms with E-state index in [1.165, 1.54) is 46.9 Å². The van der Waals surface area contributed by atoms with Crippen molar-refractivity contribution < 1.29 is 0 Å². The van der Waals surface area contributed by atoms with Gasteiger partial charge in [0.15, 0.2) is 0 Å². The van der Waals surface area contributed by atoms with Crippen molar-refractivity contribution in [2.75, 3.05) is 13.6 Å². The fraction of sp³-hybridized carbons (Fsp3) is 0.474. The summed E-state index contributed by atoms with van der Waals surface area (Å²) < 4.78 is 1.45. The van der Waals surface area contributed by atoms with E-state index < -0.39 is 0 Å². The maximum atomic E-state index is 3.41. The molecule has 2 atom stereocenters. The molecule has 2 unspecified atom stereocenters. The topological polar surface area (TPSA) is 12.0 Å². The van der Waals surface area contributed by atoms with Gasteiger partial charge >= 0.3 is 0 Å². The molecule has 0 aliphatic heterocycles. The van der Waals surface area contributed by atoms with E-state index in [-0.39, 0.29) is 12.4 Å². The monoisotopic (exact) mass is 333 g/mol. The average Bonchev–Trinajstić information content (AvgIpc) is 3.05. The van der Waals surface area contributed by atoms with Crippen molar-refractivity contribution in [3.05, 3.63) is 40.3 Å². The fourth-order valence-corrected chi connectivity index (χ4v) is 5.50. The number of rotatable bonds is 3. The number of hydrogen-bond acceptors (Lipinski definition) is 2. The van der Waals surface area contributed by atoms with Crippen LogP contribution in [-0.4, -0.2) is 13.6 Å². The number of nitrogens with one attached hydrogen (secondary N) is 1. The molecule has 0 amide bonds. The third-order valence-electron chi connectivity index (χ3n) is 5.33. The van der Waals surface area contributed by atoms with Crippen molar-refractivity contribution in [2.24, 2.45) is 11.8 Å². The minimum atomic E-state index is 0. The maximum Gasteiger partial charge on any atom is 0.0351 e. The van der Waals surface area contributed by atoms with Gasteiger partial charge in [-0.1, -0.05) is 17.7 Å². The van der Waals surface area contributed by atoms with Crippen LogP contribution in [0.15, 0.2) is 29.2 Å². The van der Waals surface area contributed by atoms with E-state index in [0.29, 0.717) is 0 Å². The predicted octanol–water partition coefficient (Wildman–Crippen LogP) is 5.42. The lowest BCUT2D eigenvalue weighted by Gasteiger charge is -2.27. The largest absolute Gasteiger partial charge is 0.316 e. The molecule has 1 aromatic carbocycles. The zero-order valence-corrected chi connectivity index (χ0v) is 14.9. The molecule has 2 bridgehead atoms. The molecule has 2 aliphatic carbocycles. The van der Waals surface area contributed by atoms with Gasteiger partial charge in [-0.15, -0.1) is 23.7 Å². The third kappa shape index (κ3) is 2.51. The van der Waals surface area contributed by atoms with Crippen molar-refractivity contribution in [2.45, 2.75) is 32.6 Å². The highest BCUT2D eigenvalue weighted by Gasteiger charge is 2.35. The molecule has 1 N–H and O–H groups in total. The van der Waals surface area contributed by atoms with E-state index in [4.69, 9.17) is 0 Å². The van der Waals surface area contributed by atoms with Crippen LogP contribution in [0.5, 0.6) is 0 Å². The van der Waals surface area contributed by atoms with E-state index in [0.717, 1.165) is 18.4 Å². The minimum Gasteiger partial charge on any atom is -0.316 e. The molecule has 4 rings (SSSR count). The van der Waals surface area contributed by atoms with Gasteiger partial charge in [0.1, 0.15) is 0 Å². The number of allylic oxidation sites excluding steroid dienone is 1. The number of likely N-dealkylation sites (N-methyl/N-ethyl adjacent to an activating group) is 1. The number of benzene rings is 1. The number of thiophene rings is 1. The Morgan fingerprint density at radius 1 is 1.27 bits per heavy atom. The summed E-state index contributed by atoms with van der Waals surface area (Å²) in [5.41, 5.74) is 6.34. The van der Waals surface area contributed by atoms with Crippen LogP contribution in [-0.2, 0) is 0 Å². The summed E-state index contributed by atoms with van der Waals surface area (Å²) >= 11 is 1.89. The van der Waals surface area contributed by atoms with Crippen molar-refractivity contribution >= 4 is 39.4 Å². The normalized spacial score (nSPS) is 23.9. The first kappa shape index (κ1) is 16.0. The molecule has 0 saturated heterocycles. The van der Waals surface area contributed by atoms with Crippen LogP contribution >= 0.6 is 23.7 Å². The summed E-state index contributed by atoms with van der Waals surface area (Å²) in [5.74, 6) is 1.75. The van der Waals surface area contributed by atoms with E-state index in [2.05, 4.69) is 42.9 Å². The zero-order chi connectivity index (χ0) is 14.4. The first-order valence-corrected chi connectivity index (χ1v) is 8.99. The Bertz CT molecular complexity index is 715. The average molecular weight is 334 g/mol. The first-order chi connectivity index (χ1) is 10.3. The molecular weight excluding hydrogens is 310 g/mol. The Hall–Kier alpha value is -0.830. The van der Waals surface area contributed by atoms with E-state index in [1.807, 2.05) is 11.3 Å². The van der Waals surface area contributed by atoms with Gasteiger partial charge < -0.3 is 5.32 Å². The summed E-state index contributed by atoms with van der Waals surface area (Å²) in [6.07, 6.45) is 5.56. The Balaban J connectivity index is 0.00000144.